The summed E-state index contributed by atoms with van der Waals surface area (Å²) in [6.45, 7) is 6.33. The van der Waals surface area contributed by atoms with Gasteiger partial charge in [-0.15, -0.1) is 11.3 Å². The van der Waals surface area contributed by atoms with Gasteiger partial charge in [-0.25, -0.2) is 4.79 Å². The molecule has 0 saturated heterocycles. The first kappa shape index (κ1) is 20.4. The summed E-state index contributed by atoms with van der Waals surface area (Å²) in [5.41, 5.74) is 2.80. The second kappa shape index (κ2) is 8.35. The van der Waals surface area contributed by atoms with E-state index >= 15 is 0 Å². The molecule has 1 aromatic carbocycles. The van der Waals surface area contributed by atoms with Crippen LogP contribution in [0.25, 0.3) is 0 Å². The van der Waals surface area contributed by atoms with E-state index in [2.05, 4.69) is 26.1 Å². The molecule has 6 heteroatoms. The van der Waals surface area contributed by atoms with Crippen molar-refractivity contribution < 1.29 is 19.1 Å². The minimum Gasteiger partial charge on any atom is -0.484 e. The minimum atomic E-state index is -0.395. The summed E-state index contributed by atoms with van der Waals surface area (Å²) >= 11 is 1.47. The highest BCUT2D eigenvalue weighted by atomic mass is 32.1. The van der Waals surface area contributed by atoms with Gasteiger partial charge in [0.15, 0.2) is 6.61 Å². The monoisotopic (exact) mass is 401 g/mol. The largest absolute Gasteiger partial charge is 0.484 e. The van der Waals surface area contributed by atoms with Crippen LogP contribution in [0.2, 0.25) is 0 Å². The van der Waals surface area contributed by atoms with E-state index in [1.807, 2.05) is 24.3 Å². The molecule has 0 radical (unpaired) electrons. The van der Waals surface area contributed by atoms with Gasteiger partial charge in [-0.2, -0.15) is 0 Å². The predicted octanol–water partition coefficient (Wildman–Crippen LogP) is 4.73. The highest BCUT2D eigenvalue weighted by Gasteiger charge is 2.27. The van der Waals surface area contributed by atoms with Crippen molar-refractivity contribution in [2.45, 2.75) is 51.9 Å². The number of nitrogens with one attached hydrogen (secondary N) is 1. The van der Waals surface area contributed by atoms with E-state index in [4.69, 9.17) is 9.47 Å². The molecule has 1 aliphatic rings. The van der Waals surface area contributed by atoms with Crippen LogP contribution in [0.15, 0.2) is 24.3 Å². The minimum absolute atomic E-state index is 0.0679. The Hall–Kier alpha value is -2.34. The van der Waals surface area contributed by atoms with Gasteiger partial charge in [0.2, 0.25) is 0 Å². The average Bonchev–Trinajstić information content (AvgIpc) is 3.03. The zero-order valence-corrected chi connectivity index (χ0v) is 17.7. The molecular formula is C22H27NO4S. The lowest BCUT2D eigenvalue weighted by Gasteiger charge is -2.19. The van der Waals surface area contributed by atoms with Gasteiger partial charge in [0.1, 0.15) is 10.8 Å². The Morgan fingerprint density at radius 3 is 2.43 bits per heavy atom. The molecule has 28 heavy (non-hydrogen) atoms. The maximum atomic E-state index is 12.4. The molecule has 1 N–H and O–H groups in total. The zero-order chi connectivity index (χ0) is 20.3. The van der Waals surface area contributed by atoms with E-state index in [1.54, 1.807) is 0 Å². The number of thiophene rings is 1. The van der Waals surface area contributed by atoms with Gasteiger partial charge in [0.05, 0.1) is 12.7 Å². The normalized spacial score (nSPS) is 13.6. The second-order valence-electron chi connectivity index (χ2n) is 8.02. The lowest BCUT2D eigenvalue weighted by molar-refractivity contribution is -0.118. The first-order valence-corrected chi connectivity index (χ1v) is 10.4. The number of fused-ring (bicyclic) bond motifs is 1. The van der Waals surface area contributed by atoms with Gasteiger partial charge >= 0.3 is 5.97 Å². The lowest BCUT2D eigenvalue weighted by Crippen LogP contribution is -2.21. The molecule has 0 unspecified atom stereocenters. The predicted molar refractivity (Wildman–Crippen MR) is 112 cm³/mol. The van der Waals surface area contributed by atoms with Gasteiger partial charge in [0.25, 0.3) is 5.91 Å². The molecule has 0 fully saturated rings. The van der Waals surface area contributed by atoms with Crippen LogP contribution < -0.4 is 10.1 Å². The van der Waals surface area contributed by atoms with Crippen molar-refractivity contribution in [1.82, 2.24) is 0 Å². The third-order valence-corrected chi connectivity index (χ3v) is 6.11. The first-order valence-electron chi connectivity index (χ1n) is 9.55. The molecule has 5 nitrogen and oxygen atoms in total. The highest BCUT2D eigenvalue weighted by molar-refractivity contribution is 7.17. The summed E-state index contributed by atoms with van der Waals surface area (Å²) in [5, 5.41) is 3.41. The zero-order valence-electron chi connectivity index (χ0n) is 16.9. The van der Waals surface area contributed by atoms with E-state index in [9.17, 15) is 9.59 Å². The van der Waals surface area contributed by atoms with E-state index in [0.29, 0.717) is 16.3 Å². The van der Waals surface area contributed by atoms with Crippen molar-refractivity contribution in [2.75, 3.05) is 19.0 Å². The number of methoxy groups -OCH3 is 1. The third-order valence-electron chi connectivity index (χ3n) is 4.90. The summed E-state index contributed by atoms with van der Waals surface area (Å²) in [6, 6.07) is 7.76. The Kier molecular flexibility index (Phi) is 6.08. The van der Waals surface area contributed by atoms with Crippen molar-refractivity contribution in [3.8, 4) is 5.75 Å². The summed E-state index contributed by atoms with van der Waals surface area (Å²) in [5.74, 6) is -0.0427. The van der Waals surface area contributed by atoms with Crippen molar-refractivity contribution >= 4 is 28.2 Å². The SMILES string of the molecule is COC(=O)c1c(NC(=O)COc2ccc(C(C)(C)C)cc2)sc2c1CCCC2. The van der Waals surface area contributed by atoms with Crippen LogP contribution in [-0.2, 0) is 27.8 Å². The number of rotatable bonds is 5. The van der Waals surface area contributed by atoms with E-state index in [0.717, 1.165) is 31.2 Å². The number of hydrogen-bond donors (Lipinski definition) is 1. The van der Waals surface area contributed by atoms with Crippen LogP contribution in [0.5, 0.6) is 5.75 Å². The van der Waals surface area contributed by atoms with Crippen LogP contribution in [0, 0.1) is 0 Å². The molecular weight excluding hydrogens is 374 g/mol. The van der Waals surface area contributed by atoms with Crippen LogP contribution in [0.3, 0.4) is 0 Å². The second-order valence-corrected chi connectivity index (χ2v) is 9.12. The number of aryl methyl sites for hydroxylation is 1. The van der Waals surface area contributed by atoms with E-state index in [1.165, 1.54) is 28.9 Å². The fourth-order valence-corrected chi connectivity index (χ4v) is 4.63. The summed E-state index contributed by atoms with van der Waals surface area (Å²) in [7, 11) is 1.37. The van der Waals surface area contributed by atoms with Gasteiger partial charge < -0.3 is 14.8 Å². The molecule has 1 heterocycles. The molecule has 0 saturated carbocycles. The maximum Gasteiger partial charge on any atom is 0.341 e. The Morgan fingerprint density at radius 2 is 1.79 bits per heavy atom. The van der Waals surface area contributed by atoms with Crippen LogP contribution in [0.1, 0.15) is 60.0 Å². The van der Waals surface area contributed by atoms with E-state index in [-0.39, 0.29) is 17.9 Å². The van der Waals surface area contributed by atoms with Gasteiger partial charge in [-0.3, -0.25) is 4.79 Å². The molecule has 0 bridgehead atoms. The third kappa shape index (κ3) is 4.55. The Labute approximate surface area is 170 Å². The van der Waals surface area contributed by atoms with Crippen LogP contribution >= 0.6 is 11.3 Å². The van der Waals surface area contributed by atoms with Gasteiger partial charge in [-0.05, 0) is 54.4 Å². The van der Waals surface area contributed by atoms with Crippen molar-refractivity contribution in [1.29, 1.82) is 0 Å². The number of anilines is 1. The lowest BCUT2D eigenvalue weighted by atomic mass is 9.87. The molecule has 2 aromatic rings. The first-order chi connectivity index (χ1) is 13.3. The van der Waals surface area contributed by atoms with Crippen molar-refractivity contribution in [3.05, 3.63) is 45.8 Å². The number of amides is 1. The molecule has 1 amide bonds. The smallest absolute Gasteiger partial charge is 0.341 e. The number of benzene rings is 1. The maximum absolute atomic E-state index is 12.4. The molecule has 1 aliphatic carbocycles. The Morgan fingerprint density at radius 1 is 1.11 bits per heavy atom. The number of carbonyl (C=O) groups excluding carboxylic acids is 2. The number of ether oxygens (including phenoxy) is 2. The Balaban J connectivity index is 1.67. The summed E-state index contributed by atoms with van der Waals surface area (Å²) in [4.78, 5) is 25.8. The number of hydrogen-bond acceptors (Lipinski definition) is 5. The van der Waals surface area contributed by atoms with Crippen LogP contribution in [-0.4, -0.2) is 25.6 Å². The number of esters is 1. The van der Waals surface area contributed by atoms with Gasteiger partial charge in [0, 0.05) is 4.88 Å². The van der Waals surface area contributed by atoms with Gasteiger partial charge in [-0.1, -0.05) is 32.9 Å². The van der Waals surface area contributed by atoms with Crippen LogP contribution in [0.4, 0.5) is 5.00 Å². The molecule has 1 aromatic heterocycles. The fraction of sp³-hybridized carbons (Fsp3) is 0.455. The quantitative estimate of drug-likeness (QED) is 0.736. The van der Waals surface area contributed by atoms with Crippen molar-refractivity contribution in [2.24, 2.45) is 0 Å². The molecule has 0 spiro atoms. The summed E-state index contributed by atoms with van der Waals surface area (Å²) in [6.07, 6.45) is 3.95. The number of carbonyl (C=O) groups is 2. The molecule has 0 atom stereocenters. The average molecular weight is 402 g/mol. The fourth-order valence-electron chi connectivity index (χ4n) is 3.33. The summed E-state index contributed by atoms with van der Waals surface area (Å²) < 4.78 is 10.5. The topological polar surface area (TPSA) is 64.6 Å². The standard InChI is InChI=1S/C22H27NO4S/c1-22(2,3)14-9-11-15(12-10-14)27-13-18(24)23-20-19(21(25)26-4)16-7-5-6-8-17(16)28-20/h9-12H,5-8,13H2,1-4H3,(H,23,24). The Bertz CT molecular complexity index is 862. The molecule has 150 valence electrons. The molecule has 3 rings (SSSR count). The van der Waals surface area contributed by atoms with Crippen molar-refractivity contribution in [3.63, 3.8) is 0 Å². The van der Waals surface area contributed by atoms with E-state index < -0.39 is 5.97 Å². The highest BCUT2D eigenvalue weighted by Crippen LogP contribution is 2.38. The molecule has 0 aliphatic heterocycles.